The molecule has 0 aliphatic carbocycles. The van der Waals surface area contributed by atoms with Gasteiger partial charge in [-0.2, -0.15) is 0 Å². The van der Waals surface area contributed by atoms with Crippen molar-refractivity contribution >= 4 is 12.0 Å². The number of carbonyl (C=O) groups excluding carboxylic acids is 1. The van der Waals surface area contributed by atoms with Gasteiger partial charge in [0.2, 0.25) is 5.91 Å². The number of nitrogens with one attached hydrogen (secondary N) is 1. The molecule has 0 aliphatic heterocycles. The van der Waals surface area contributed by atoms with Gasteiger partial charge in [0.05, 0.1) is 18.8 Å². The molecule has 0 fully saturated rings. The first-order chi connectivity index (χ1) is 10.2. The number of aliphatic hydroxyl groups is 2. The Morgan fingerprint density at radius 1 is 1.29 bits per heavy atom. The summed E-state index contributed by atoms with van der Waals surface area (Å²) >= 11 is 0. The highest BCUT2D eigenvalue weighted by Gasteiger charge is 2.17. The number of rotatable bonds is 9. The third-order valence-electron chi connectivity index (χ3n) is 3.25. The van der Waals surface area contributed by atoms with Crippen molar-refractivity contribution in [2.45, 2.75) is 44.8 Å². The van der Waals surface area contributed by atoms with Crippen LogP contribution in [0.15, 0.2) is 36.4 Å². The molecule has 2 atom stereocenters. The molecule has 3 N–H and O–H groups in total. The third kappa shape index (κ3) is 7.06. The molecule has 0 unspecified atom stereocenters. The Morgan fingerprint density at radius 3 is 2.62 bits per heavy atom. The van der Waals surface area contributed by atoms with Gasteiger partial charge in [0.25, 0.3) is 0 Å². The van der Waals surface area contributed by atoms with Gasteiger partial charge < -0.3 is 15.5 Å². The second kappa shape index (κ2) is 10.1. The van der Waals surface area contributed by atoms with Crippen molar-refractivity contribution in [3.8, 4) is 0 Å². The predicted molar refractivity (Wildman–Crippen MR) is 84.6 cm³/mol. The maximum atomic E-state index is 11.7. The number of unbranched alkanes of at least 4 members (excludes halogenated alkanes) is 2. The number of amides is 1. The number of benzene rings is 1. The SMILES string of the molecule is CCCCC[14C](=O)N[C@@H](CO)[C@H](O)/C=C/c1ccccc1. The van der Waals surface area contributed by atoms with Crippen LogP contribution in [0.25, 0.3) is 6.08 Å². The Bertz CT molecular complexity index is 431. The molecule has 0 saturated heterocycles. The van der Waals surface area contributed by atoms with E-state index < -0.39 is 12.1 Å². The Hall–Kier alpha value is -1.65. The molecule has 1 amide bonds. The number of hydrogen-bond acceptors (Lipinski definition) is 3. The lowest BCUT2D eigenvalue weighted by molar-refractivity contribution is -0.123. The predicted octanol–water partition coefficient (Wildman–Crippen LogP) is 2.12. The molecule has 4 heteroatoms. The fourth-order valence-corrected chi connectivity index (χ4v) is 1.96. The minimum absolute atomic E-state index is 0.130. The maximum Gasteiger partial charge on any atom is 0.220 e. The Labute approximate surface area is 126 Å². The van der Waals surface area contributed by atoms with Crippen LogP contribution in [-0.2, 0) is 4.79 Å². The molecule has 1 aromatic rings. The van der Waals surface area contributed by atoms with Crippen LogP contribution in [0.4, 0.5) is 0 Å². The maximum absolute atomic E-state index is 11.7. The lowest BCUT2D eigenvalue weighted by Crippen LogP contribution is -2.45. The summed E-state index contributed by atoms with van der Waals surface area (Å²) in [6, 6.07) is 8.90. The van der Waals surface area contributed by atoms with E-state index in [2.05, 4.69) is 12.2 Å². The van der Waals surface area contributed by atoms with E-state index >= 15 is 0 Å². The smallest absolute Gasteiger partial charge is 0.220 e. The summed E-state index contributed by atoms with van der Waals surface area (Å²) in [5.74, 6) is -0.130. The fraction of sp³-hybridized carbons (Fsp3) is 0.471. The molecular formula is C17H25NO3. The monoisotopic (exact) mass is 293 g/mol. The Kier molecular flexibility index (Phi) is 8.40. The Morgan fingerprint density at radius 2 is 2.00 bits per heavy atom. The number of carbonyl (C=O) groups is 1. The third-order valence-corrected chi connectivity index (χ3v) is 3.25. The summed E-state index contributed by atoms with van der Waals surface area (Å²) < 4.78 is 0. The van der Waals surface area contributed by atoms with Crippen LogP contribution in [0.3, 0.4) is 0 Å². The normalized spacial score (nSPS) is 14.0. The summed E-state index contributed by atoms with van der Waals surface area (Å²) in [7, 11) is 0. The lowest BCUT2D eigenvalue weighted by Gasteiger charge is -2.19. The Balaban J connectivity index is 2.47. The summed E-state index contributed by atoms with van der Waals surface area (Å²) in [6.45, 7) is 1.78. The van der Waals surface area contributed by atoms with E-state index in [4.69, 9.17) is 0 Å². The summed E-state index contributed by atoms with van der Waals surface area (Å²) in [4.78, 5) is 11.7. The second-order valence-electron chi connectivity index (χ2n) is 5.07. The molecule has 0 spiro atoms. The summed E-state index contributed by atoms with van der Waals surface area (Å²) in [6.07, 6.45) is 5.77. The molecule has 21 heavy (non-hydrogen) atoms. The van der Waals surface area contributed by atoms with Crippen molar-refractivity contribution in [1.29, 1.82) is 0 Å². The van der Waals surface area contributed by atoms with Crippen LogP contribution >= 0.6 is 0 Å². The molecule has 4 nitrogen and oxygen atoms in total. The lowest BCUT2D eigenvalue weighted by atomic mass is 10.1. The quantitative estimate of drug-likeness (QED) is 0.611. The van der Waals surface area contributed by atoms with E-state index in [1.54, 1.807) is 12.2 Å². The fourth-order valence-electron chi connectivity index (χ4n) is 1.96. The molecule has 116 valence electrons. The molecule has 1 aromatic carbocycles. The molecule has 0 aromatic heterocycles. The van der Waals surface area contributed by atoms with Crippen LogP contribution < -0.4 is 5.32 Å². The van der Waals surface area contributed by atoms with Crippen molar-refractivity contribution in [2.75, 3.05) is 6.61 Å². The number of aliphatic hydroxyl groups excluding tert-OH is 2. The minimum atomic E-state index is -0.912. The molecule has 0 heterocycles. The second-order valence-corrected chi connectivity index (χ2v) is 5.07. The molecule has 1 rings (SSSR count). The van der Waals surface area contributed by atoms with Gasteiger partial charge in [-0.15, -0.1) is 0 Å². The first-order valence-electron chi connectivity index (χ1n) is 7.49. The van der Waals surface area contributed by atoms with E-state index in [1.807, 2.05) is 30.3 Å². The molecule has 0 saturated carbocycles. The number of hydrogen-bond donors (Lipinski definition) is 3. The van der Waals surface area contributed by atoms with Gasteiger partial charge in [0.1, 0.15) is 0 Å². The van der Waals surface area contributed by atoms with Gasteiger partial charge in [-0.1, -0.05) is 62.2 Å². The zero-order chi connectivity index (χ0) is 15.5. The van der Waals surface area contributed by atoms with E-state index in [0.717, 1.165) is 24.8 Å². The molecule has 0 bridgehead atoms. The first kappa shape index (κ1) is 17.4. The molecule has 0 aliphatic rings. The molecule has 0 radical (unpaired) electrons. The van der Waals surface area contributed by atoms with E-state index in [0.29, 0.717) is 6.42 Å². The van der Waals surface area contributed by atoms with Crippen LogP contribution in [0.5, 0.6) is 0 Å². The molecular weight excluding hydrogens is 268 g/mol. The van der Waals surface area contributed by atoms with Crippen LogP contribution in [0.2, 0.25) is 0 Å². The highest BCUT2D eigenvalue weighted by atomic mass is 16.3. The van der Waals surface area contributed by atoms with E-state index in [1.165, 1.54) is 0 Å². The van der Waals surface area contributed by atoms with Crippen molar-refractivity contribution in [3.05, 3.63) is 42.0 Å². The first-order valence-corrected chi connectivity index (χ1v) is 7.49. The zero-order valence-corrected chi connectivity index (χ0v) is 12.5. The largest absolute Gasteiger partial charge is 0.394 e. The topological polar surface area (TPSA) is 69.6 Å². The van der Waals surface area contributed by atoms with Crippen molar-refractivity contribution < 1.29 is 15.0 Å². The van der Waals surface area contributed by atoms with Gasteiger partial charge in [0.15, 0.2) is 0 Å². The van der Waals surface area contributed by atoms with Gasteiger partial charge in [0, 0.05) is 6.42 Å². The zero-order valence-electron chi connectivity index (χ0n) is 12.5. The van der Waals surface area contributed by atoms with E-state index in [-0.39, 0.29) is 12.5 Å². The van der Waals surface area contributed by atoms with Gasteiger partial charge >= 0.3 is 0 Å². The van der Waals surface area contributed by atoms with Gasteiger partial charge in [-0.05, 0) is 12.0 Å². The minimum Gasteiger partial charge on any atom is -0.394 e. The van der Waals surface area contributed by atoms with Crippen LogP contribution in [0.1, 0.15) is 38.2 Å². The van der Waals surface area contributed by atoms with Crippen LogP contribution in [0, 0.1) is 0 Å². The average Bonchev–Trinajstić information content (AvgIpc) is 2.51. The van der Waals surface area contributed by atoms with Crippen molar-refractivity contribution in [3.63, 3.8) is 0 Å². The van der Waals surface area contributed by atoms with E-state index in [9.17, 15) is 15.0 Å². The summed E-state index contributed by atoms with van der Waals surface area (Å²) in [5.41, 5.74) is 0.961. The highest BCUT2D eigenvalue weighted by molar-refractivity contribution is 5.76. The van der Waals surface area contributed by atoms with Gasteiger partial charge in [-0.3, -0.25) is 4.79 Å². The van der Waals surface area contributed by atoms with Crippen molar-refractivity contribution in [2.24, 2.45) is 0 Å². The highest BCUT2D eigenvalue weighted by Crippen LogP contribution is 2.05. The standard InChI is InChI=1S/C17H25NO3/c1-2-3-5-10-17(21)18-15(13-19)16(20)12-11-14-8-6-4-7-9-14/h4,6-9,11-12,15-16,19-20H,2-3,5,10,13H2,1H3,(H,18,21)/b12-11+/t15-,16+/m0/s1/i17+2. The van der Waals surface area contributed by atoms with Crippen LogP contribution in [-0.4, -0.2) is 34.9 Å². The van der Waals surface area contributed by atoms with Crippen molar-refractivity contribution in [1.82, 2.24) is 5.32 Å². The summed E-state index contributed by atoms with van der Waals surface area (Å²) in [5, 5.41) is 22.0. The average molecular weight is 293 g/mol. The van der Waals surface area contributed by atoms with Gasteiger partial charge in [-0.25, -0.2) is 0 Å².